The van der Waals surface area contributed by atoms with Crippen molar-refractivity contribution in [3.63, 3.8) is 0 Å². The minimum atomic E-state index is 0.221. The molecule has 0 aliphatic heterocycles. The van der Waals surface area contributed by atoms with Gasteiger partial charge in [-0.1, -0.05) is 103 Å². The van der Waals surface area contributed by atoms with E-state index in [4.69, 9.17) is 0 Å². The highest BCUT2D eigenvalue weighted by Crippen LogP contribution is 2.19. The van der Waals surface area contributed by atoms with Crippen LogP contribution in [0, 0.1) is 5.92 Å². The van der Waals surface area contributed by atoms with Crippen LogP contribution in [0.25, 0.3) is 11.3 Å². The maximum absolute atomic E-state index is 12.3. The summed E-state index contributed by atoms with van der Waals surface area (Å²) in [5.41, 5.74) is 3.74. The highest BCUT2D eigenvalue weighted by molar-refractivity contribution is 5.96. The number of nitrogens with zero attached hydrogens (tertiary/aromatic N) is 2. The third kappa shape index (κ3) is 8.77. The lowest BCUT2D eigenvalue weighted by Crippen LogP contribution is -2.05. The Morgan fingerprint density at radius 3 is 2.03 bits per heavy atom. The van der Waals surface area contributed by atoms with Gasteiger partial charge in [-0.05, 0) is 18.8 Å². The number of rotatable bonds is 15. The summed E-state index contributed by atoms with van der Waals surface area (Å²) >= 11 is 0. The number of aryl methyl sites for hydroxylation is 1. The Morgan fingerprint density at radius 1 is 0.833 bits per heavy atom. The Labute approximate surface area is 183 Å². The standard InChI is InChI=1S/C27H40N2O/c1-4-6-7-8-9-10-11-12-13-14-25-20-29-26(21-28-25)23-15-17-24(18-16-23)27(30)19-22(3)5-2/h15-18,20-22H,4-14,19H2,1-3H3. The lowest BCUT2D eigenvalue weighted by Gasteiger charge is -2.08. The lowest BCUT2D eigenvalue weighted by molar-refractivity contribution is 0.0963. The Hall–Kier alpha value is -2.03. The molecule has 30 heavy (non-hydrogen) atoms. The Bertz CT molecular complexity index is 722. The fourth-order valence-corrected chi connectivity index (χ4v) is 3.66. The summed E-state index contributed by atoms with van der Waals surface area (Å²) in [6.45, 7) is 6.51. The summed E-state index contributed by atoms with van der Waals surface area (Å²) in [5.74, 6) is 0.652. The van der Waals surface area contributed by atoms with Crippen molar-refractivity contribution >= 4 is 5.78 Å². The molecule has 0 amide bonds. The summed E-state index contributed by atoms with van der Waals surface area (Å²) in [6, 6.07) is 7.79. The third-order valence-corrected chi connectivity index (χ3v) is 5.98. The van der Waals surface area contributed by atoms with Crippen molar-refractivity contribution in [2.45, 2.75) is 97.8 Å². The quantitative estimate of drug-likeness (QED) is 0.223. The molecule has 3 heteroatoms. The minimum absolute atomic E-state index is 0.221. The zero-order chi connectivity index (χ0) is 21.6. The first-order valence-corrected chi connectivity index (χ1v) is 12.1. The van der Waals surface area contributed by atoms with Gasteiger partial charge in [0.05, 0.1) is 17.6 Å². The van der Waals surface area contributed by atoms with Gasteiger partial charge in [0.15, 0.2) is 5.78 Å². The average molecular weight is 409 g/mol. The van der Waals surface area contributed by atoms with E-state index in [9.17, 15) is 4.79 Å². The van der Waals surface area contributed by atoms with Crippen LogP contribution in [0.1, 0.15) is 107 Å². The van der Waals surface area contributed by atoms with E-state index in [1.165, 1.54) is 57.8 Å². The van der Waals surface area contributed by atoms with Crippen molar-refractivity contribution < 1.29 is 4.79 Å². The fourth-order valence-electron chi connectivity index (χ4n) is 3.66. The molecule has 0 aliphatic carbocycles. The first kappa shape index (κ1) is 24.2. The first-order valence-electron chi connectivity index (χ1n) is 12.1. The van der Waals surface area contributed by atoms with Gasteiger partial charge in [-0.25, -0.2) is 0 Å². The van der Waals surface area contributed by atoms with Crippen molar-refractivity contribution in [2.24, 2.45) is 5.92 Å². The van der Waals surface area contributed by atoms with Crippen LogP contribution in [-0.4, -0.2) is 15.8 Å². The van der Waals surface area contributed by atoms with Crippen LogP contribution in [0.2, 0.25) is 0 Å². The van der Waals surface area contributed by atoms with Crippen molar-refractivity contribution in [1.82, 2.24) is 9.97 Å². The average Bonchev–Trinajstić information content (AvgIpc) is 2.78. The van der Waals surface area contributed by atoms with Crippen LogP contribution in [0.15, 0.2) is 36.7 Å². The number of carbonyl (C=O) groups excluding carboxylic acids is 1. The first-order chi connectivity index (χ1) is 14.6. The second-order valence-corrected chi connectivity index (χ2v) is 8.69. The molecule has 2 aromatic rings. The molecule has 2 rings (SSSR count). The highest BCUT2D eigenvalue weighted by Gasteiger charge is 2.10. The van der Waals surface area contributed by atoms with Gasteiger partial charge in [0, 0.05) is 23.7 Å². The number of ketones is 1. The molecule has 0 saturated heterocycles. The fraction of sp³-hybridized carbons (Fsp3) is 0.593. The van der Waals surface area contributed by atoms with E-state index >= 15 is 0 Å². The highest BCUT2D eigenvalue weighted by atomic mass is 16.1. The topological polar surface area (TPSA) is 42.9 Å². The van der Waals surface area contributed by atoms with Gasteiger partial charge in [0.1, 0.15) is 0 Å². The van der Waals surface area contributed by atoms with E-state index in [0.29, 0.717) is 12.3 Å². The predicted molar refractivity (Wildman–Crippen MR) is 127 cm³/mol. The van der Waals surface area contributed by atoms with Crippen LogP contribution in [-0.2, 0) is 6.42 Å². The summed E-state index contributed by atoms with van der Waals surface area (Å²) in [5, 5.41) is 0. The van der Waals surface area contributed by atoms with Gasteiger partial charge in [-0.2, -0.15) is 0 Å². The molecule has 0 bridgehead atoms. The molecule has 1 aromatic heterocycles. The Morgan fingerprint density at radius 2 is 1.47 bits per heavy atom. The summed E-state index contributed by atoms with van der Waals surface area (Å²) in [7, 11) is 0. The van der Waals surface area contributed by atoms with Gasteiger partial charge in [0.2, 0.25) is 0 Å². The second-order valence-electron chi connectivity index (χ2n) is 8.69. The lowest BCUT2D eigenvalue weighted by atomic mass is 9.97. The molecule has 0 spiro atoms. The maximum atomic E-state index is 12.3. The van der Waals surface area contributed by atoms with E-state index in [1.807, 2.05) is 36.7 Å². The molecule has 0 N–H and O–H groups in total. The molecule has 1 unspecified atom stereocenters. The number of carbonyl (C=O) groups is 1. The Balaban J connectivity index is 1.73. The summed E-state index contributed by atoms with van der Waals surface area (Å²) in [6.07, 6.45) is 18.5. The third-order valence-electron chi connectivity index (χ3n) is 5.98. The zero-order valence-electron chi connectivity index (χ0n) is 19.3. The van der Waals surface area contributed by atoms with Gasteiger partial charge >= 0.3 is 0 Å². The normalized spacial score (nSPS) is 12.1. The minimum Gasteiger partial charge on any atom is -0.294 e. The van der Waals surface area contributed by atoms with Crippen molar-refractivity contribution in [1.29, 1.82) is 0 Å². The van der Waals surface area contributed by atoms with Crippen molar-refractivity contribution in [3.05, 3.63) is 47.9 Å². The largest absolute Gasteiger partial charge is 0.294 e. The van der Waals surface area contributed by atoms with E-state index in [2.05, 4.69) is 30.7 Å². The molecule has 3 nitrogen and oxygen atoms in total. The predicted octanol–water partition coefficient (Wildman–Crippen LogP) is 7.84. The molecular weight excluding hydrogens is 368 g/mol. The smallest absolute Gasteiger partial charge is 0.163 e. The van der Waals surface area contributed by atoms with E-state index in [1.54, 1.807) is 0 Å². The van der Waals surface area contributed by atoms with Crippen LogP contribution in [0.5, 0.6) is 0 Å². The number of hydrogen-bond acceptors (Lipinski definition) is 3. The molecule has 1 aromatic carbocycles. The van der Waals surface area contributed by atoms with Crippen LogP contribution in [0.3, 0.4) is 0 Å². The van der Waals surface area contributed by atoms with Crippen molar-refractivity contribution in [2.75, 3.05) is 0 Å². The van der Waals surface area contributed by atoms with Crippen LogP contribution < -0.4 is 0 Å². The van der Waals surface area contributed by atoms with Gasteiger partial charge in [0.25, 0.3) is 0 Å². The number of benzene rings is 1. The van der Waals surface area contributed by atoms with Crippen LogP contribution in [0.4, 0.5) is 0 Å². The number of Topliss-reactive ketones (excluding diaryl/α,β-unsaturated/α-hetero) is 1. The molecule has 1 atom stereocenters. The second kappa shape index (κ2) is 14.1. The summed E-state index contributed by atoms with van der Waals surface area (Å²) < 4.78 is 0. The molecule has 0 saturated carbocycles. The number of hydrogen-bond donors (Lipinski definition) is 0. The number of unbranched alkanes of at least 4 members (excludes halogenated alkanes) is 8. The van der Waals surface area contributed by atoms with Gasteiger partial charge < -0.3 is 0 Å². The van der Waals surface area contributed by atoms with E-state index in [-0.39, 0.29) is 5.78 Å². The van der Waals surface area contributed by atoms with Crippen LogP contribution >= 0.6 is 0 Å². The summed E-state index contributed by atoms with van der Waals surface area (Å²) in [4.78, 5) is 21.5. The Kier molecular flexibility index (Phi) is 11.4. The van der Waals surface area contributed by atoms with Crippen molar-refractivity contribution in [3.8, 4) is 11.3 Å². The zero-order valence-corrected chi connectivity index (χ0v) is 19.3. The monoisotopic (exact) mass is 408 g/mol. The van der Waals surface area contributed by atoms with Gasteiger partial charge in [-0.3, -0.25) is 14.8 Å². The molecule has 0 radical (unpaired) electrons. The SMILES string of the molecule is CCCCCCCCCCCc1cnc(-c2ccc(C(=O)CC(C)CC)cc2)cn1. The molecule has 0 fully saturated rings. The van der Waals surface area contributed by atoms with Gasteiger partial charge in [-0.15, -0.1) is 0 Å². The molecule has 1 heterocycles. The number of aromatic nitrogens is 2. The maximum Gasteiger partial charge on any atom is 0.163 e. The molecular formula is C27H40N2O. The molecule has 0 aliphatic rings. The molecule has 164 valence electrons. The van der Waals surface area contributed by atoms with E-state index < -0.39 is 0 Å². The van der Waals surface area contributed by atoms with E-state index in [0.717, 1.165) is 35.4 Å².